The molecule has 21 nitrogen and oxygen atoms in total. The minimum Gasteiger partial charge on any atom is -0.461 e. The van der Waals surface area contributed by atoms with E-state index in [1.54, 1.807) is 66.7 Å². The lowest BCUT2D eigenvalue weighted by Crippen LogP contribution is -2.82. The highest BCUT2D eigenvalue weighted by Gasteiger charge is 2.79. The van der Waals surface area contributed by atoms with Gasteiger partial charge in [-0.05, 0) is 67.7 Å². The Morgan fingerprint density at radius 1 is 0.780 bits per heavy atom. The summed E-state index contributed by atoms with van der Waals surface area (Å²) < 4.78 is 53.6. The zero-order chi connectivity index (χ0) is 59.6. The van der Waals surface area contributed by atoms with E-state index in [2.05, 4.69) is 23.8 Å². The molecule has 3 aromatic rings. The maximum atomic E-state index is 16.4. The molecule has 0 spiro atoms. The van der Waals surface area contributed by atoms with Crippen molar-refractivity contribution in [1.29, 1.82) is 0 Å². The molecule has 2 bridgehead atoms. The summed E-state index contributed by atoms with van der Waals surface area (Å²) in [5.74, 6) is -7.90. The predicted octanol–water partition coefficient (Wildman–Crippen LogP) is 7.11. The predicted molar refractivity (Wildman–Crippen MR) is 290 cm³/mol. The van der Waals surface area contributed by atoms with Gasteiger partial charge in [0.25, 0.3) is 5.91 Å². The molecule has 3 aliphatic carbocycles. The topological polar surface area (TPSA) is 281 Å². The van der Waals surface area contributed by atoms with Crippen molar-refractivity contribution < 1.29 is 90.9 Å². The van der Waals surface area contributed by atoms with Crippen LogP contribution >= 0.6 is 0 Å². The fourth-order valence-electron chi connectivity index (χ4n) is 11.9. The number of amides is 2. The molecule has 3 N–H and O–H groups in total. The van der Waals surface area contributed by atoms with Crippen LogP contribution in [0.3, 0.4) is 0 Å². The van der Waals surface area contributed by atoms with Gasteiger partial charge in [0.15, 0.2) is 17.5 Å². The van der Waals surface area contributed by atoms with Gasteiger partial charge < -0.3 is 58.4 Å². The highest BCUT2D eigenvalue weighted by atomic mass is 16.7. The number of esters is 5. The van der Waals surface area contributed by atoms with Crippen molar-refractivity contribution in [3.05, 3.63) is 144 Å². The molecule has 0 aromatic heterocycles. The van der Waals surface area contributed by atoms with E-state index in [4.69, 9.17) is 42.6 Å². The van der Waals surface area contributed by atoms with E-state index in [1.807, 2.05) is 0 Å². The van der Waals surface area contributed by atoms with E-state index in [-0.39, 0.29) is 60.4 Å². The second-order valence-electron chi connectivity index (χ2n) is 21.4. The summed E-state index contributed by atoms with van der Waals surface area (Å²) in [6.07, 6.45) is -9.51. The Hall–Kier alpha value is -8.17. The standard InChI is InChI=1S/C61H70N2O19/c1-9-31-74-45(66)29-21-14-22-30-62-56(71)79-43-33-44-60(35-76-44,82-38(5)65)50-52(81-54(69)41-27-19-13-20-28-41)61(73)34-42(36(3)46(58(61,6)7)48(77-37(4)64)51(67)59(43,50)8)78-55(70)49(80-57(72)75-32-10-2)47(39-23-15-11-16-24-39)63-53(68)40-25-17-12-18-26-40/h9-13,15-20,23-28,42-44,47-50,52,73H,1-2,14,21-22,29-35H2,3-8H3,(H,62,71)(H,63,68)/t42-,43-,44?,47-,48?,49+,50?,52-,59+,60-,61+/m0/s1. The molecule has 1 saturated heterocycles. The Kier molecular flexibility index (Phi) is 19.6. The fraction of sp³-hybridized carbons (Fsp3) is 0.459. The molecule has 3 unspecified atom stereocenters. The van der Waals surface area contributed by atoms with Gasteiger partial charge in [-0.25, -0.2) is 19.2 Å². The first-order valence-electron chi connectivity index (χ1n) is 27.0. The molecule has 1 aliphatic heterocycles. The lowest BCUT2D eigenvalue weighted by Gasteiger charge is -2.67. The second-order valence-corrected chi connectivity index (χ2v) is 21.4. The van der Waals surface area contributed by atoms with Crippen molar-refractivity contribution >= 4 is 53.8 Å². The van der Waals surface area contributed by atoms with Crippen LogP contribution in [0.5, 0.6) is 0 Å². The number of hydrogen-bond donors (Lipinski definition) is 3. The number of ketones is 1. The largest absolute Gasteiger partial charge is 0.509 e. The Morgan fingerprint density at radius 2 is 1.40 bits per heavy atom. The molecular formula is C61H70N2O19. The van der Waals surface area contributed by atoms with Crippen molar-refractivity contribution in [3.8, 4) is 0 Å². The molecule has 3 fully saturated rings. The Balaban J connectivity index is 1.38. The average Bonchev–Trinajstić information content (AvgIpc) is 0.907. The lowest BCUT2D eigenvalue weighted by atomic mass is 9.44. The summed E-state index contributed by atoms with van der Waals surface area (Å²) in [7, 11) is 0. The van der Waals surface area contributed by atoms with Crippen LogP contribution in [0.25, 0.3) is 0 Å². The number of fused-ring (bicyclic) bond motifs is 5. The SMILES string of the molecule is C=CCOC(=O)CCCCCNC(=O)O[C@H]1CC2OC[C@@]2(OC(C)=O)C2[C@H](OC(=O)c3ccccc3)[C@]3(O)C[C@H](OC(=O)[C@H](OC(=O)OCC=C)[C@@H](NC(=O)c4ccccc4)c4ccccc4)C(C)=C(C(OC(C)=O)C(=O)[C@@]21C)C3(C)C. The van der Waals surface area contributed by atoms with Gasteiger partial charge in [-0.1, -0.05) is 112 Å². The average molecular weight is 1140 g/mol. The summed E-state index contributed by atoms with van der Waals surface area (Å²) in [6.45, 7) is 14.6. The summed E-state index contributed by atoms with van der Waals surface area (Å²) in [6, 6.07) is 22.3. The molecule has 82 heavy (non-hydrogen) atoms. The Morgan fingerprint density at radius 3 is 2.00 bits per heavy atom. The van der Waals surface area contributed by atoms with Gasteiger partial charge in [0, 0.05) is 50.6 Å². The molecule has 2 amide bonds. The van der Waals surface area contributed by atoms with Gasteiger partial charge >= 0.3 is 42.1 Å². The minimum atomic E-state index is -2.57. The van der Waals surface area contributed by atoms with Crippen molar-refractivity contribution in [3.63, 3.8) is 0 Å². The summed E-state index contributed by atoms with van der Waals surface area (Å²) >= 11 is 0. The Bertz CT molecular complexity index is 2930. The van der Waals surface area contributed by atoms with Crippen LogP contribution in [0.1, 0.15) is 112 Å². The molecule has 2 saturated carbocycles. The maximum absolute atomic E-state index is 16.4. The second kappa shape index (κ2) is 26.2. The van der Waals surface area contributed by atoms with E-state index < -0.39 is 137 Å². The Labute approximate surface area is 475 Å². The third-order valence-electron chi connectivity index (χ3n) is 15.9. The quantitative estimate of drug-likeness (QED) is 0.0391. The molecule has 7 rings (SSSR count). The lowest BCUT2D eigenvalue weighted by molar-refractivity contribution is -0.345. The van der Waals surface area contributed by atoms with E-state index in [0.29, 0.717) is 19.3 Å². The number of unbranched alkanes of at least 4 members (excludes halogenated alkanes) is 2. The first-order valence-corrected chi connectivity index (χ1v) is 27.0. The van der Waals surface area contributed by atoms with Gasteiger partial charge in [0.05, 0.1) is 23.5 Å². The third kappa shape index (κ3) is 12.8. The van der Waals surface area contributed by atoms with E-state index >= 15 is 9.59 Å². The number of aliphatic hydroxyl groups is 1. The highest BCUT2D eigenvalue weighted by Crippen LogP contribution is 2.65. The number of Topliss-reactive ketones (excluding diaryl/α,β-unsaturated/α-hetero) is 1. The fourth-order valence-corrected chi connectivity index (χ4v) is 11.9. The number of alkyl carbamates (subject to hydrolysis) is 1. The number of rotatable bonds is 22. The zero-order valence-corrected chi connectivity index (χ0v) is 46.7. The minimum absolute atomic E-state index is 0.00468. The van der Waals surface area contributed by atoms with Crippen molar-refractivity contribution in [2.45, 2.75) is 134 Å². The van der Waals surface area contributed by atoms with Gasteiger partial charge in [0.1, 0.15) is 49.3 Å². The van der Waals surface area contributed by atoms with Crippen LogP contribution in [0.2, 0.25) is 0 Å². The van der Waals surface area contributed by atoms with Crippen molar-refractivity contribution in [2.24, 2.45) is 16.7 Å². The van der Waals surface area contributed by atoms with Crippen LogP contribution in [-0.2, 0) is 66.6 Å². The number of carbonyl (C=O) groups excluding carboxylic acids is 9. The zero-order valence-electron chi connectivity index (χ0n) is 46.7. The third-order valence-corrected chi connectivity index (χ3v) is 15.9. The smallest absolute Gasteiger partial charge is 0.461 e. The van der Waals surface area contributed by atoms with E-state index in [0.717, 1.165) is 13.8 Å². The van der Waals surface area contributed by atoms with Crippen LogP contribution in [0.15, 0.2) is 127 Å². The monoisotopic (exact) mass is 1130 g/mol. The molecule has 11 atom stereocenters. The molecule has 21 heteroatoms. The molecule has 1 heterocycles. The van der Waals surface area contributed by atoms with Gasteiger partial charge in [0.2, 0.25) is 6.10 Å². The number of hydrogen-bond acceptors (Lipinski definition) is 19. The summed E-state index contributed by atoms with van der Waals surface area (Å²) in [5.41, 5.74) is -8.14. The first-order chi connectivity index (χ1) is 39.0. The summed E-state index contributed by atoms with van der Waals surface area (Å²) in [5, 5.41) is 19.7. The van der Waals surface area contributed by atoms with E-state index in [9.17, 15) is 38.7 Å². The van der Waals surface area contributed by atoms with Gasteiger partial charge in [-0.15, -0.1) is 0 Å². The number of carbonyl (C=O) groups is 9. The molecular weight excluding hydrogens is 1060 g/mol. The maximum Gasteiger partial charge on any atom is 0.509 e. The molecule has 3 aromatic carbocycles. The van der Waals surface area contributed by atoms with Gasteiger partial charge in [-0.2, -0.15) is 0 Å². The van der Waals surface area contributed by atoms with Crippen molar-refractivity contribution in [2.75, 3.05) is 26.4 Å². The number of ether oxygens (including phenoxy) is 9. The molecule has 0 radical (unpaired) electrons. The van der Waals surface area contributed by atoms with Crippen LogP contribution in [0, 0.1) is 16.7 Å². The normalized spacial score (nSPS) is 26.5. The number of benzene rings is 3. The highest BCUT2D eigenvalue weighted by molar-refractivity contribution is 5.97. The van der Waals surface area contributed by atoms with Crippen LogP contribution < -0.4 is 10.6 Å². The van der Waals surface area contributed by atoms with Crippen LogP contribution in [-0.4, -0.2) is 133 Å². The van der Waals surface area contributed by atoms with E-state index in [1.165, 1.54) is 64.1 Å². The van der Waals surface area contributed by atoms with Gasteiger partial charge in [-0.3, -0.25) is 24.0 Å². The first kappa shape index (κ1) is 61.4. The van der Waals surface area contributed by atoms with Crippen molar-refractivity contribution in [1.82, 2.24) is 10.6 Å². The molecule has 4 aliphatic rings. The number of nitrogens with one attached hydrogen (secondary N) is 2. The molecule has 438 valence electrons. The van der Waals surface area contributed by atoms with Crippen LogP contribution in [0.4, 0.5) is 9.59 Å². The summed E-state index contributed by atoms with van der Waals surface area (Å²) in [4.78, 5) is 127.